The third-order valence-corrected chi connectivity index (χ3v) is 8.25. The van der Waals surface area contributed by atoms with Gasteiger partial charge in [-0.25, -0.2) is 0 Å². The van der Waals surface area contributed by atoms with Gasteiger partial charge >= 0.3 is 6.18 Å². The fraction of sp³-hybridized carbons (Fsp3) is 0.538. The minimum Gasteiger partial charge on any atom is -0.543 e. The van der Waals surface area contributed by atoms with E-state index in [1.807, 2.05) is 33.9 Å². The zero-order valence-corrected chi connectivity index (χ0v) is 14.2. The summed E-state index contributed by atoms with van der Waals surface area (Å²) in [5, 5.41) is -0.150. The summed E-state index contributed by atoms with van der Waals surface area (Å²) in [4.78, 5) is 0. The molecule has 1 aromatic rings. The van der Waals surface area contributed by atoms with Gasteiger partial charge in [-0.1, -0.05) is 36.7 Å². The molecular formula is C13H18BrF3OSi. The average Bonchev–Trinajstić information content (AvgIpc) is 2.17. The second-order valence-electron chi connectivity index (χ2n) is 6.00. The normalized spacial score (nSPS) is 13.5. The SMILES string of the molecule is CC(C)(C)[Si](C)(C)Oc1ccc(Br)cc1C(F)(F)F. The smallest absolute Gasteiger partial charge is 0.419 e. The van der Waals surface area contributed by atoms with Crippen LogP contribution in [0.4, 0.5) is 13.2 Å². The van der Waals surface area contributed by atoms with Crippen molar-refractivity contribution in [2.75, 3.05) is 0 Å². The van der Waals surface area contributed by atoms with Gasteiger partial charge in [-0.05, 0) is 36.3 Å². The van der Waals surface area contributed by atoms with Crippen LogP contribution in [-0.4, -0.2) is 8.32 Å². The van der Waals surface area contributed by atoms with Crippen LogP contribution in [0.15, 0.2) is 22.7 Å². The number of hydrogen-bond donors (Lipinski definition) is 0. The molecule has 0 unspecified atom stereocenters. The van der Waals surface area contributed by atoms with Gasteiger partial charge in [-0.3, -0.25) is 0 Å². The maximum Gasteiger partial charge on any atom is 0.419 e. The standard InChI is InChI=1S/C13H18BrF3OSi/c1-12(2,3)19(4,5)18-11-7-6-9(14)8-10(11)13(15,16)17/h6-8H,1-5H3. The number of rotatable bonds is 2. The van der Waals surface area contributed by atoms with Crippen LogP contribution in [0.5, 0.6) is 5.75 Å². The summed E-state index contributed by atoms with van der Waals surface area (Å²) in [5.41, 5.74) is -0.730. The molecule has 0 atom stereocenters. The van der Waals surface area contributed by atoms with Crippen LogP contribution >= 0.6 is 15.9 Å². The first-order valence-corrected chi connectivity index (χ1v) is 9.60. The third kappa shape index (κ3) is 3.98. The molecule has 1 aromatic carbocycles. The van der Waals surface area contributed by atoms with Gasteiger partial charge in [0, 0.05) is 4.47 Å². The van der Waals surface area contributed by atoms with Crippen LogP contribution < -0.4 is 4.43 Å². The van der Waals surface area contributed by atoms with Gasteiger partial charge in [0.2, 0.25) is 8.32 Å². The van der Waals surface area contributed by atoms with Crippen molar-refractivity contribution in [3.63, 3.8) is 0 Å². The van der Waals surface area contributed by atoms with E-state index in [1.54, 1.807) is 6.07 Å². The quantitative estimate of drug-likeness (QED) is 0.605. The van der Waals surface area contributed by atoms with E-state index in [-0.39, 0.29) is 10.8 Å². The third-order valence-electron chi connectivity index (χ3n) is 3.42. The van der Waals surface area contributed by atoms with Crippen molar-refractivity contribution in [1.82, 2.24) is 0 Å². The Morgan fingerprint density at radius 2 is 1.63 bits per heavy atom. The molecule has 19 heavy (non-hydrogen) atoms. The van der Waals surface area contributed by atoms with Crippen LogP contribution in [0.1, 0.15) is 26.3 Å². The predicted molar refractivity (Wildman–Crippen MR) is 77.0 cm³/mol. The molecule has 0 bridgehead atoms. The highest BCUT2D eigenvalue weighted by Crippen LogP contribution is 2.42. The summed E-state index contributed by atoms with van der Waals surface area (Å²) in [5.74, 6) is -0.0812. The lowest BCUT2D eigenvalue weighted by molar-refractivity contribution is -0.138. The van der Waals surface area contributed by atoms with Crippen LogP contribution in [0, 0.1) is 0 Å². The topological polar surface area (TPSA) is 9.23 Å². The molecule has 0 saturated carbocycles. The van der Waals surface area contributed by atoms with Crippen LogP contribution in [0.2, 0.25) is 18.1 Å². The first-order valence-electron chi connectivity index (χ1n) is 5.90. The Morgan fingerprint density at radius 1 is 1.11 bits per heavy atom. The van der Waals surface area contributed by atoms with Gasteiger partial charge < -0.3 is 4.43 Å². The maximum atomic E-state index is 13.0. The van der Waals surface area contributed by atoms with Crippen molar-refractivity contribution in [1.29, 1.82) is 0 Å². The largest absolute Gasteiger partial charge is 0.543 e. The minimum absolute atomic E-state index is 0.0812. The Bertz CT molecular complexity index is 464. The van der Waals surface area contributed by atoms with E-state index in [4.69, 9.17) is 4.43 Å². The molecular weight excluding hydrogens is 337 g/mol. The highest BCUT2D eigenvalue weighted by atomic mass is 79.9. The summed E-state index contributed by atoms with van der Waals surface area (Å²) in [6, 6.07) is 4.01. The summed E-state index contributed by atoms with van der Waals surface area (Å²) in [6.45, 7) is 9.83. The van der Waals surface area contributed by atoms with Crippen LogP contribution in [0.3, 0.4) is 0 Å². The lowest BCUT2D eigenvalue weighted by atomic mass is 10.2. The molecule has 0 aromatic heterocycles. The Balaban J connectivity index is 3.23. The molecule has 1 nitrogen and oxygen atoms in total. The van der Waals surface area contributed by atoms with Crippen LogP contribution in [0.25, 0.3) is 0 Å². The molecule has 108 valence electrons. The lowest BCUT2D eigenvalue weighted by Gasteiger charge is -2.37. The molecule has 6 heteroatoms. The fourth-order valence-corrected chi connectivity index (χ4v) is 2.64. The van der Waals surface area contributed by atoms with E-state index < -0.39 is 20.1 Å². The van der Waals surface area contributed by atoms with Gasteiger partial charge in [0.25, 0.3) is 0 Å². The van der Waals surface area contributed by atoms with Crippen molar-refractivity contribution in [2.45, 2.75) is 45.1 Å². The van der Waals surface area contributed by atoms with Gasteiger partial charge in [-0.15, -0.1) is 0 Å². The Labute approximate surface area is 121 Å². The molecule has 0 radical (unpaired) electrons. The first kappa shape index (κ1) is 16.6. The highest BCUT2D eigenvalue weighted by Gasteiger charge is 2.42. The fourth-order valence-electron chi connectivity index (χ4n) is 1.24. The second-order valence-corrected chi connectivity index (χ2v) is 11.6. The molecule has 0 heterocycles. The zero-order valence-electron chi connectivity index (χ0n) is 11.7. The van der Waals surface area contributed by atoms with E-state index in [0.29, 0.717) is 4.47 Å². The molecule has 0 fully saturated rings. The summed E-state index contributed by atoms with van der Waals surface area (Å²) in [7, 11) is -2.29. The second kappa shape index (κ2) is 5.13. The Hall–Kier alpha value is -0.493. The molecule has 0 spiro atoms. The monoisotopic (exact) mass is 354 g/mol. The number of halogens is 4. The maximum absolute atomic E-state index is 13.0. The highest BCUT2D eigenvalue weighted by molar-refractivity contribution is 9.10. The number of benzene rings is 1. The Kier molecular flexibility index (Phi) is 4.47. The number of alkyl halides is 3. The van der Waals surface area contributed by atoms with E-state index in [9.17, 15) is 13.2 Å². The van der Waals surface area contributed by atoms with Crippen molar-refractivity contribution >= 4 is 24.2 Å². The number of hydrogen-bond acceptors (Lipinski definition) is 1. The predicted octanol–water partition coefficient (Wildman–Crippen LogP) is 5.85. The van der Waals surface area contributed by atoms with Crippen LogP contribution in [-0.2, 0) is 6.18 Å². The van der Waals surface area contributed by atoms with Gasteiger partial charge in [-0.2, -0.15) is 13.2 Å². The van der Waals surface area contributed by atoms with Gasteiger partial charge in [0.1, 0.15) is 5.75 Å². The van der Waals surface area contributed by atoms with E-state index >= 15 is 0 Å². The van der Waals surface area contributed by atoms with Crippen molar-refractivity contribution < 1.29 is 17.6 Å². The first-order chi connectivity index (χ1) is 8.34. The average molecular weight is 355 g/mol. The van der Waals surface area contributed by atoms with Crippen molar-refractivity contribution in [3.8, 4) is 5.75 Å². The molecule has 0 aliphatic heterocycles. The van der Waals surface area contributed by atoms with E-state index in [0.717, 1.165) is 6.07 Å². The lowest BCUT2D eigenvalue weighted by Crippen LogP contribution is -2.44. The molecule has 0 amide bonds. The van der Waals surface area contributed by atoms with Gasteiger partial charge in [0.15, 0.2) is 0 Å². The molecule has 0 saturated heterocycles. The molecule has 1 rings (SSSR count). The van der Waals surface area contributed by atoms with Crippen molar-refractivity contribution in [2.24, 2.45) is 0 Å². The summed E-state index contributed by atoms with van der Waals surface area (Å²) in [6.07, 6.45) is -4.42. The molecule has 0 N–H and O–H groups in total. The summed E-state index contributed by atoms with van der Waals surface area (Å²) >= 11 is 3.06. The van der Waals surface area contributed by atoms with Gasteiger partial charge in [0.05, 0.1) is 5.56 Å². The molecule has 0 aliphatic rings. The summed E-state index contributed by atoms with van der Waals surface area (Å²) < 4.78 is 45.2. The van der Waals surface area contributed by atoms with Crippen molar-refractivity contribution in [3.05, 3.63) is 28.2 Å². The van der Waals surface area contributed by atoms with E-state index in [1.165, 1.54) is 6.07 Å². The zero-order chi connectivity index (χ0) is 15.1. The Morgan fingerprint density at radius 3 is 2.05 bits per heavy atom. The van der Waals surface area contributed by atoms with E-state index in [2.05, 4.69) is 15.9 Å². The molecule has 0 aliphatic carbocycles. The minimum atomic E-state index is -4.42.